The fraction of sp³-hybridized carbons (Fsp3) is 0.500. The Balaban J connectivity index is 1.29. The Morgan fingerprint density at radius 1 is 1.17 bits per heavy atom. The molecule has 0 aromatic carbocycles. The van der Waals surface area contributed by atoms with Crippen LogP contribution in [0.15, 0.2) is 36.8 Å². The largest absolute Gasteiger partial charge is 0.303 e. The summed E-state index contributed by atoms with van der Waals surface area (Å²) in [6.07, 6.45) is 10.8. The lowest BCUT2D eigenvalue weighted by Gasteiger charge is -2.31. The summed E-state index contributed by atoms with van der Waals surface area (Å²) in [5.41, 5.74) is 2.29. The molecule has 1 saturated heterocycles. The minimum Gasteiger partial charge on any atom is -0.303 e. The summed E-state index contributed by atoms with van der Waals surface area (Å²) in [4.78, 5) is 2.58. The van der Waals surface area contributed by atoms with Crippen LogP contribution in [0.3, 0.4) is 0 Å². The Kier molecular flexibility index (Phi) is 4.30. The summed E-state index contributed by atoms with van der Waals surface area (Å²) in [6, 6.07) is 6.08. The molecule has 0 amide bonds. The number of likely N-dealkylation sites (tertiary alicyclic amines) is 1. The number of pyridine rings is 1. The highest BCUT2D eigenvalue weighted by atomic mass is 15.3. The van der Waals surface area contributed by atoms with Crippen LogP contribution in [0.1, 0.15) is 36.6 Å². The van der Waals surface area contributed by atoms with Gasteiger partial charge in [-0.05, 0) is 63.0 Å². The van der Waals surface area contributed by atoms with E-state index in [0.717, 1.165) is 31.0 Å². The molecule has 1 fully saturated rings. The van der Waals surface area contributed by atoms with Gasteiger partial charge in [0.15, 0.2) is 5.65 Å². The first-order valence-corrected chi connectivity index (χ1v) is 8.79. The molecule has 1 aliphatic heterocycles. The van der Waals surface area contributed by atoms with Crippen molar-refractivity contribution in [3.8, 4) is 0 Å². The normalized spacial score (nSPS) is 16.9. The van der Waals surface area contributed by atoms with Crippen molar-refractivity contribution in [2.45, 2.75) is 31.6 Å². The molecule has 0 unspecified atom stereocenters. The Hall–Kier alpha value is -2.21. The van der Waals surface area contributed by atoms with Crippen molar-refractivity contribution in [2.75, 3.05) is 19.6 Å². The first-order chi connectivity index (χ1) is 11.8. The molecule has 0 N–H and O–H groups in total. The standard InChI is InChI=1S/C18H24N6/c1-22-14-15(13-19-22)5-4-9-23-11-7-16(8-12-23)18-21-20-17-6-2-3-10-24(17)18/h2-3,6,10,13-14,16H,4-5,7-9,11-12H2,1H3. The summed E-state index contributed by atoms with van der Waals surface area (Å²) in [6.45, 7) is 3.47. The predicted molar refractivity (Wildman–Crippen MR) is 92.9 cm³/mol. The van der Waals surface area contributed by atoms with Crippen molar-refractivity contribution in [1.29, 1.82) is 0 Å². The van der Waals surface area contributed by atoms with Crippen LogP contribution in [-0.4, -0.2) is 48.9 Å². The average Bonchev–Trinajstić information content (AvgIpc) is 3.22. The van der Waals surface area contributed by atoms with Gasteiger partial charge in [-0.2, -0.15) is 5.10 Å². The Morgan fingerprint density at radius 2 is 2.04 bits per heavy atom. The van der Waals surface area contributed by atoms with E-state index in [-0.39, 0.29) is 0 Å². The maximum Gasteiger partial charge on any atom is 0.160 e. The van der Waals surface area contributed by atoms with Crippen molar-refractivity contribution in [2.24, 2.45) is 7.05 Å². The number of nitrogens with zero attached hydrogens (tertiary/aromatic N) is 6. The zero-order valence-corrected chi connectivity index (χ0v) is 14.2. The zero-order valence-electron chi connectivity index (χ0n) is 14.2. The highest BCUT2D eigenvalue weighted by Crippen LogP contribution is 2.27. The van der Waals surface area contributed by atoms with Crippen LogP contribution >= 0.6 is 0 Å². The summed E-state index contributed by atoms with van der Waals surface area (Å²) >= 11 is 0. The number of fused-ring (bicyclic) bond motifs is 1. The maximum absolute atomic E-state index is 4.43. The van der Waals surface area contributed by atoms with Gasteiger partial charge in [0.05, 0.1) is 6.20 Å². The van der Waals surface area contributed by atoms with Gasteiger partial charge in [0.25, 0.3) is 0 Å². The molecule has 126 valence electrons. The van der Waals surface area contributed by atoms with Crippen molar-refractivity contribution < 1.29 is 0 Å². The average molecular weight is 324 g/mol. The van der Waals surface area contributed by atoms with Gasteiger partial charge in [0.1, 0.15) is 5.82 Å². The monoisotopic (exact) mass is 324 g/mol. The van der Waals surface area contributed by atoms with E-state index in [0.29, 0.717) is 5.92 Å². The van der Waals surface area contributed by atoms with E-state index in [1.165, 1.54) is 31.4 Å². The van der Waals surface area contributed by atoms with Gasteiger partial charge < -0.3 is 4.90 Å². The summed E-state index contributed by atoms with van der Waals surface area (Å²) in [7, 11) is 1.97. The lowest BCUT2D eigenvalue weighted by molar-refractivity contribution is 0.207. The van der Waals surface area contributed by atoms with E-state index in [1.54, 1.807) is 0 Å². The van der Waals surface area contributed by atoms with E-state index in [4.69, 9.17) is 0 Å². The van der Waals surface area contributed by atoms with Crippen molar-refractivity contribution in [3.05, 3.63) is 48.2 Å². The third-order valence-electron chi connectivity index (χ3n) is 4.99. The molecule has 4 heterocycles. The minimum atomic E-state index is 0.525. The Bertz CT molecular complexity index is 797. The minimum absolute atomic E-state index is 0.525. The second-order valence-electron chi connectivity index (χ2n) is 6.73. The molecule has 0 bridgehead atoms. The van der Waals surface area contributed by atoms with Crippen LogP contribution in [0.2, 0.25) is 0 Å². The Labute approximate surface area is 142 Å². The lowest BCUT2D eigenvalue weighted by atomic mass is 9.95. The quantitative estimate of drug-likeness (QED) is 0.722. The van der Waals surface area contributed by atoms with Crippen molar-refractivity contribution >= 4 is 5.65 Å². The molecule has 0 spiro atoms. The number of aryl methyl sites for hydroxylation is 2. The summed E-state index contributed by atoms with van der Waals surface area (Å²) in [5, 5.41) is 13.0. The number of hydrogen-bond donors (Lipinski definition) is 0. The SMILES string of the molecule is Cn1cc(CCCN2CCC(c3nnc4ccccn34)CC2)cn1. The van der Waals surface area contributed by atoms with Gasteiger partial charge >= 0.3 is 0 Å². The molecule has 6 nitrogen and oxygen atoms in total. The van der Waals surface area contributed by atoms with E-state index in [9.17, 15) is 0 Å². The smallest absolute Gasteiger partial charge is 0.160 e. The number of aromatic nitrogens is 5. The third-order valence-corrected chi connectivity index (χ3v) is 4.99. The molecule has 6 heteroatoms. The van der Waals surface area contributed by atoms with Gasteiger partial charge in [0, 0.05) is 25.4 Å². The number of hydrogen-bond acceptors (Lipinski definition) is 4. The van der Waals surface area contributed by atoms with Crippen molar-refractivity contribution in [1.82, 2.24) is 29.3 Å². The Morgan fingerprint density at radius 3 is 2.83 bits per heavy atom. The van der Waals surface area contributed by atoms with Crippen molar-refractivity contribution in [3.63, 3.8) is 0 Å². The molecule has 24 heavy (non-hydrogen) atoms. The topological polar surface area (TPSA) is 51.2 Å². The van der Waals surface area contributed by atoms with Crippen LogP contribution in [0.4, 0.5) is 0 Å². The molecule has 0 saturated carbocycles. The second kappa shape index (κ2) is 6.73. The lowest BCUT2D eigenvalue weighted by Crippen LogP contribution is -2.34. The molecule has 4 rings (SSSR count). The molecule has 3 aromatic heterocycles. The fourth-order valence-electron chi connectivity index (χ4n) is 3.66. The predicted octanol–water partition coefficient (Wildman–Crippen LogP) is 2.28. The molecule has 1 aliphatic rings. The zero-order chi connectivity index (χ0) is 16.4. The first-order valence-electron chi connectivity index (χ1n) is 8.79. The molecular weight excluding hydrogens is 300 g/mol. The third kappa shape index (κ3) is 3.19. The van der Waals surface area contributed by atoms with Gasteiger partial charge in [0.2, 0.25) is 0 Å². The van der Waals surface area contributed by atoms with E-state index >= 15 is 0 Å². The molecular formula is C18H24N6. The van der Waals surface area contributed by atoms with E-state index in [1.807, 2.05) is 36.1 Å². The van der Waals surface area contributed by atoms with Crippen LogP contribution < -0.4 is 0 Å². The van der Waals surface area contributed by atoms with Gasteiger partial charge in [-0.15, -0.1) is 10.2 Å². The highest BCUT2D eigenvalue weighted by molar-refractivity contribution is 5.37. The highest BCUT2D eigenvalue weighted by Gasteiger charge is 2.24. The summed E-state index contributed by atoms with van der Waals surface area (Å²) < 4.78 is 4.02. The fourth-order valence-corrected chi connectivity index (χ4v) is 3.66. The van der Waals surface area contributed by atoms with Gasteiger partial charge in [-0.3, -0.25) is 9.08 Å². The first kappa shape index (κ1) is 15.3. The van der Waals surface area contributed by atoms with Gasteiger partial charge in [-0.1, -0.05) is 6.07 Å². The molecule has 3 aromatic rings. The summed E-state index contributed by atoms with van der Waals surface area (Å²) in [5.74, 6) is 1.65. The van der Waals surface area contributed by atoms with Crippen LogP contribution in [-0.2, 0) is 13.5 Å². The molecule has 0 aliphatic carbocycles. The second-order valence-corrected chi connectivity index (χ2v) is 6.73. The van der Waals surface area contributed by atoms with Crippen LogP contribution in [0.5, 0.6) is 0 Å². The number of rotatable bonds is 5. The molecule has 0 atom stereocenters. The maximum atomic E-state index is 4.43. The van der Waals surface area contributed by atoms with Crippen LogP contribution in [0.25, 0.3) is 5.65 Å². The van der Waals surface area contributed by atoms with E-state index < -0.39 is 0 Å². The van der Waals surface area contributed by atoms with E-state index in [2.05, 4.69) is 37.0 Å². The van der Waals surface area contributed by atoms with Gasteiger partial charge in [-0.25, -0.2) is 0 Å². The number of piperidine rings is 1. The molecule has 0 radical (unpaired) electrons. The van der Waals surface area contributed by atoms with Crippen LogP contribution in [0, 0.1) is 0 Å².